The molecular weight excluding hydrogens is 546 g/mol. The van der Waals surface area contributed by atoms with Crippen molar-refractivity contribution in [2.45, 2.75) is 0 Å². The number of rotatable bonds is 4. The van der Waals surface area contributed by atoms with Gasteiger partial charge >= 0.3 is 0 Å². The molecule has 0 spiro atoms. The van der Waals surface area contributed by atoms with Crippen LogP contribution in [0.1, 0.15) is 0 Å². The molecule has 0 aliphatic heterocycles. The van der Waals surface area contributed by atoms with Gasteiger partial charge in [0.1, 0.15) is 0 Å². The van der Waals surface area contributed by atoms with Gasteiger partial charge in [-0.15, -0.1) is 0 Å². The summed E-state index contributed by atoms with van der Waals surface area (Å²) in [5.41, 5.74) is 9.73. The van der Waals surface area contributed by atoms with Crippen molar-refractivity contribution in [2.75, 3.05) is 0 Å². The quantitative estimate of drug-likeness (QED) is 0.210. The molecule has 0 aliphatic rings. The van der Waals surface area contributed by atoms with E-state index in [0.29, 0.717) is 5.82 Å². The second kappa shape index (κ2) is 10.3. The smallest absolute Gasteiger partial charge is 0.160 e. The van der Waals surface area contributed by atoms with Crippen LogP contribution in [0.2, 0.25) is 0 Å². The zero-order valence-corrected chi connectivity index (χ0v) is 24.4. The van der Waals surface area contributed by atoms with E-state index in [4.69, 9.17) is 9.97 Å². The summed E-state index contributed by atoms with van der Waals surface area (Å²) in [5, 5.41) is 6.04. The van der Waals surface area contributed by atoms with Crippen LogP contribution in [0.4, 0.5) is 0 Å². The number of aromatic nitrogens is 3. The van der Waals surface area contributed by atoms with Gasteiger partial charge in [-0.05, 0) is 76.5 Å². The number of fused-ring (bicyclic) bond motifs is 5. The van der Waals surface area contributed by atoms with Crippen LogP contribution in [0.25, 0.3) is 82.9 Å². The standard InChI is InChI=1S/C42H27N3/c1-3-11-28(12-4-1)33-21-24-36-38(26-33)43-42(44-41(36)29-13-5-2-6-14-29)30-19-22-34(23-20-30)45-39-18-10-9-17-35(39)37-25-31-15-7-8-16-32(31)27-40(37)45/h1-27H. The molecule has 0 N–H and O–H groups in total. The Morgan fingerprint density at radius 2 is 1.02 bits per heavy atom. The Kier molecular flexibility index (Phi) is 5.82. The third-order valence-corrected chi connectivity index (χ3v) is 8.78. The third-order valence-electron chi connectivity index (χ3n) is 8.78. The Bertz CT molecular complexity index is 2510. The summed E-state index contributed by atoms with van der Waals surface area (Å²) in [7, 11) is 0. The minimum Gasteiger partial charge on any atom is -0.309 e. The van der Waals surface area contributed by atoms with E-state index in [2.05, 4.69) is 156 Å². The van der Waals surface area contributed by atoms with Crippen LogP contribution in [-0.4, -0.2) is 14.5 Å². The molecular formula is C42H27N3. The molecule has 0 bridgehead atoms. The SMILES string of the molecule is c1ccc(-c2ccc3c(-c4ccccc4)nc(-c4ccc(-n5c6ccccc6c6cc7ccccc7cc65)cc4)nc3c2)cc1. The van der Waals surface area contributed by atoms with Gasteiger partial charge in [-0.2, -0.15) is 0 Å². The van der Waals surface area contributed by atoms with Crippen molar-refractivity contribution in [2.24, 2.45) is 0 Å². The number of nitrogens with zero attached hydrogens (tertiary/aromatic N) is 3. The highest BCUT2D eigenvalue weighted by molar-refractivity contribution is 6.13. The van der Waals surface area contributed by atoms with Gasteiger partial charge in [-0.25, -0.2) is 9.97 Å². The number of hydrogen-bond acceptors (Lipinski definition) is 2. The van der Waals surface area contributed by atoms with E-state index in [9.17, 15) is 0 Å². The van der Waals surface area contributed by atoms with Crippen LogP contribution in [0, 0.1) is 0 Å². The van der Waals surface area contributed by atoms with Gasteiger partial charge in [-0.1, -0.05) is 109 Å². The summed E-state index contributed by atoms with van der Waals surface area (Å²) in [4.78, 5) is 10.3. The molecule has 0 radical (unpaired) electrons. The van der Waals surface area contributed by atoms with Crippen LogP contribution in [0.5, 0.6) is 0 Å². The van der Waals surface area contributed by atoms with E-state index in [1.807, 2.05) is 12.1 Å². The van der Waals surface area contributed by atoms with Crippen molar-refractivity contribution >= 4 is 43.5 Å². The summed E-state index contributed by atoms with van der Waals surface area (Å²) in [6, 6.07) is 57.9. The average molecular weight is 574 g/mol. The Balaban J connectivity index is 1.21. The maximum Gasteiger partial charge on any atom is 0.160 e. The lowest BCUT2D eigenvalue weighted by Crippen LogP contribution is -1.97. The van der Waals surface area contributed by atoms with Crippen molar-refractivity contribution in [1.82, 2.24) is 14.5 Å². The second-order valence-electron chi connectivity index (χ2n) is 11.5. The van der Waals surface area contributed by atoms with Crippen molar-refractivity contribution in [1.29, 1.82) is 0 Å². The molecule has 0 saturated carbocycles. The van der Waals surface area contributed by atoms with Gasteiger partial charge in [0.2, 0.25) is 0 Å². The summed E-state index contributed by atoms with van der Waals surface area (Å²) in [6.07, 6.45) is 0. The van der Waals surface area contributed by atoms with E-state index in [0.717, 1.165) is 39.0 Å². The molecule has 2 aromatic heterocycles. The van der Waals surface area contributed by atoms with Gasteiger partial charge in [0.25, 0.3) is 0 Å². The summed E-state index contributed by atoms with van der Waals surface area (Å²) in [5.74, 6) is 0.714. The molecule has 3 nitrogen and oxygen atoms in total. The fraction of sp³-hybridized carbons (Fsp3) is 0. The number of para-hydroxylation sites is 1. The Morgan fingerprint density at radius 3 is 1.80 bits per heavy atom. The maximum absolute atomic E-state index is 5.15. The minimum atomic E-state index is 0.714. The lowest BCUT2D eigenvalue weighted by Gasteiger charge is -2.12. The van der Waals surface area contributed by atoms with Gasteiger partial charge in [0.05, 0.1) is 22.2 Å². The molecule has 45 heavy (non-hydrogen) atoms. The molecule has 9 rings (SSSR count). The average Bonchev–Trinajstić information content (AvgIpc) is 3.43. The lowest BCUT2D eigenvalue weighted by atomic mass is 10.0. The molecule has 210 valence electrons. The molecule has 0 aliphatic carbocycles. The van der Waals surface area contributed by atoms with Crippen molar-refractivity contribution < 1.29 is 0 Å². The van der Waals surface area contributed by atoms with E-state index in [1.165, 1.54) is 38.1 Å². The summed E-state index contributed by atoms with van der Waals surface area (Å²) < 4.78 is 2.36. The molecule has 0 fully saturated rings. The first-order valence-electron chi connectivity index (χ1n) is 15.3. The predicted molar refractivity (Wildman–Crippen MR) is 188 cm³/mol. The van der Waals surface area contributed by atoms with Crippen LogP contribution in [-0.2, 0) is 0 Å². The van der Waals surface area contributed by atoms with Gasteiger partial charge in [0, 0.05) is 33.0 Å². The van der Waals surface area contributed by atoms with Crippen LogP contribution in [0.3, 0.4) is 0 Å². The Morgan fingerprint density at radius 1 is 0.378 bits per heavy atom. The van der Waals surface area contributed by atoms with Crippen LogP contribution < -0.4 is 0 Å². The topological polar surface area (TPSA) is 30.7 Å². The molecule has 0 unspecified atom stereocenters. The highest BCUT2D eigenvalue weighted by Crippen LogP contribution is 2.36. The lowest BCUT2D eigenvalue weighted by molar-refractivity contribution is 1.17. The second-order valence-corrected chi connectivity index (χ2v) is 11.5. The summed E-state index contributed by atoms with van der Waals surface area (Å²) in [6.45, 7) is 0. The minimum absolute atomic E-state index is 0.714. The molecule has 2 heterocycles. The fourth-order valence-corrected chi connectivity index (χ4v) is 6.58. The van der Waals surface area contributed by atoms with E-state index >= 15 is 0 Å². The molecule has 9 aromatic rings. The van der Waals surface area contributed by atoms with E-state index < -0.39 is 0 Å². The molecule has 0 saturated heterocycles. The first kappa shape index (κ1) is 25.4. The Hall–Kier alpha value is -6.06. The van der Waals surface area contributed by atoms with E-state index in [-0.39, 0.29) is 0 Å². The molecule has 7 aromatic carbocycles. The highest BCUT2D eigenvalue weighted by Gasteiger charge is 2.15. The molecule has 0 amide bonds. The highest BCUT2D eigenvalue weighted by atomic mass is 15.0. The fourth-order valence-electron chi connectivity index (χ4n) is 6.58. The number of hydrogen-bond donors (Lipinski definition) is 0. The van der Waals surface area contributed by atoms with E-state index in [1.54, 1.807) is 0 Å². The zero-order valence-electron chi connectivity index (χ0n) is 24.4. The first-order chi connectivity index (χ1) is 22.3. The van der Waals surface area contributed by atoms with Gasteiger partial charge < -0.3 is 4.57 Å². The molecule has 3 heteroatoms. The third kappa shape index (κ3) is 4.29. The molecule has 0 atom stereocenters. The van der Waals surface area contributed by atoms with Gasteiger partial charge in [0.15, 0.2) is 5.82 Å². The van der Waals surface area contributed by atoms with Crippen molar-refractivity contribution in [3.8, 4) is 39.5 Å². The van der Waals surface area contributed by atoms with Crippen LogP contribution >= 0.6 is 0 Å². The first-order valence-corrected chi connectivity index (χ1v) is 15.3. The van der Waals surface area contributed by atoms with Gasteiger partial charge in [-0.3, -0.25) is 0 Å². The predicted octanol–water partition coefficient (Wildman–Crippen LogP) is 10.9. The monoisotopic (exact) mass is 573 g/mol. The van der Waals surface area contributed by atoms with Crippen molar-refractivity contribution in [3.63, 3.8) is 0 Å². The van der Waals surface area contributed by atoms with Crippen molar-refractivity contribution in [3.05, 3.63) is 164 Å². The summed E-state index contributed by atoms with van der Waals surface area (Å²) >= 11 is 0. The van der Waals surface area contributed by atoms with Crippen LogP contribution in [0.15, 0.2) is 164 Å². The largest absolute Gasteiger partial charge is 0.309 e. The Labute approximate surface area is 260 Å². The number of benzene rings is 7. The maximum atomic E-state index is 5.15. The zero-order chi connectivity index (χ0) is 29.7. The normalized spacial score (nSPS) is 11.6.